The van der Waals surface area contributed by atoms with Gasteiger partial charge in [-0.15, -0.1) is 0 Å². The Morgan fingerprint density at radius 2 is 0.929 bits per heavy atom. The van der Waals surface area contributed by atoms with Crippen molar-refractivity contribution in [1.82, 2.24) is 0 Å². The van der Waals surface area contributed by atoms with Crippen LogP contribution in [0.15, 0.2) is 9.98 Å². The minimum Gasteiger partial charge on any atom is -0.0968 e. The highest BCUT2D eigenvalue weighted by Gasteiger charge is 2.15. The SMILES string of the molecule is CCCCCCCCCCCCCC(CCCCC)CCCC[C+]1N=CC=N1. The molecule has 162 valence electrons. The molecule has 1 aliphatic heterocycles. The molecule has 1 rings (SSSR count). The second kappa shape index (κ2) is 19.5. The molecule has 0 aliphatic carbocycles. The van der Waals surface area contributed by atoms with Crippen LogP contribution in [-0.2, 0) is 0 Å². The summed E-state index contributed by atoms with van der Waals surface area (Å²) in [5.74, 6) is 0.964. The van der Waals surface area contributed by atoms with Crippen molar-refractivity contribution in [2.45, 2.75) is 142 Å². The van der Waals surface area contributed by atoms with Crippen molar-refractivity contribution in [3.8, 4) is 0 Å². The van der Waals surface area contributed by atoms with E-state index in [1.165, 1.54) is 122 Å². The molecule has 0 aromatic rings. The van der Waals surface area contributed by atoms with Crippen molar-refractivity contribution >= 4 is 12.4 Å². The summed E-state index contributed by atoms with van der Waals surface area (Å²) >= 11 is 0. The fourth-order valence-corrected chi connectivity index (χ4v) is 4.33. The first-order valence-corrected chi connectivity index (χ1v) is 12.8. The third-order valence-corrected chi connectivity index (χ3v) is 6.21. The molecule has 1 unspecified atom stereocenters. The van der Waals surface area contributed by atoms with Crippen LogP contribution < -0.4 is 0 Å². The van der Waals surface area contributed by atoms with Gasteiger partial charge in [0.15, 0.2) is 12.4 Å². The molecule has 0 spiro atoms. The highest BCUT2D eigenvalue weighted by atomic mass is 15.0. The second-order valence-electron chi connectivity index (χ2n) is 8.90. The predicted octanol–water partition coefficient (Wildman–Crippen LogP) is 9.09. The quantitative estimate of drug-likeness (QED) is 0.138. The van der Waals surface area contributed by atoms with E-state index in [0.29, 0.717) is 0 Å². The van der Waals surface area contributed by atoms with Gasteiger partial charge in [-0.1, -0.05) is 139 Å². The minimum absolute atomic E-state index is 0.964. The van der Waals surface area contributed by atoms with Gasteiger partial charge in [-0.25, -0.2) is 0 Å². The fourth-order valence-electron chi connectivity index (χ4n) is 4.33. The maximum atomic E-state index is 4.29. The minimum atomic E-state index is 0.964. The van der Waals surface area contributed by atoms with Crippen LogP contribution in [0.1, 0.15) is 142 Å². The number of nitrogens with zero attached hydrogens (tertiary/aromatic N) is 2. The Morgan fingerprint density at radius 1 is 0.536 bits per heavy atom. The molecule has 28 heavy (non-hydrogen) atoms. The number of aliphatic imine (C=N–C) groups is 2. The summed E-state index contributed by atoms with van der Waals surface area (Å²) in [5.41, 5.74) is 0. The summed E-state index contributed by atoms with van der Waals surface area (Å²) in [5, 5.41) is 0. The van der Waals surface area contributed by atoms with Crippen LogP contribution in [0.3, 0.4) is 0 Å². The van der Waals surface area contributed by atoms with Gasteiger partial charge in [-0.3, -0.25) is 0 Å². The molecule has 1 atom stereocenters. The normalized spacial score (nSPS) is 14.3. The average Bonchev–Trinajstić information content (AvgIpc) is 3.22. The van der Waals surface area contributed by atoms with E-state index in [0.717, 1.165) is 18.5 Å². The molecule has 0 aromatic carbocycles. The topological polar surface area (TPSA) is 24.7 Å². The van der Waals surface area contributed by atoms with Crippen molar-refractivity contribution in [3.05, 3.63) is 6.17 Å². The standard InChI is InChI=1S/C26H49N2/c1-3-5-7-8-9-10-11-12-13-14-16-20-25(19-15-6-4-2)21-17-18-22-26-27-23-24-28-26/h23-25H,3-22H2,1-2H3/q+1. The molecule has 2 nitrogen and oxygen atoms in total. The molecule has 0 bridgehead atoms. The highest BCUT2D eigenvalue weighted by Crippen LogP contribution is 2.25. The molecule has 1 heterocycles. The second-order valence-corrected chi connectivity index (χ2v) is 8.90. The van der Waals surface area contributed by atoms with Gasteiger partial charge in [0, 0.05) is 0 Å². The summed E-state index contributed by atoms with van der Waals surface area (Å²) in [4.78, 5) is 8.58. The molecule has 0 saturated carbocycles. The van der Waals surface area contributed by atoms with Crippen molar-refractivity contribution < 1.29 is 0 Å². The van der Waals surface area contributed by atoms with Crippen LogP contribution in [0.4, 0.5) is 0 Å². The lowest BCUT2D eigenvalue weighted by atomic mass is 9.90. The van der Waals surface area contributed by atoms with Crippen LogP contribution in [0.25, 0.3) is 0 Å². The zero-order valence-electron chi connectivity index (χ0n) is 19.3. The highest BCUT2D eigenvalue weighted by molar-refractivity contribution is 6.18. The van der Waals surface area contributed by atoms with Crippen LogP contribution in [-0.4, -0.2) is 12.4 Å². The Bertz CT molecular complexity index is 363. The van der Waals surface area contributed by atoms with Crippen molar-refractivity contribution in [1.29, 1.82) is 0 Å². The molecule has 1 aliphatic rings. The summed E-state index contributed by atoms with van der Waals surface area (Å²) < 4.78 is 0. The number of hydrogen-bond donors (Lipinski definition) is 0. The van der Waals surface area contributed by atoms with Crippen molar-refractivity contribution in [2.24, 2.45) is 15.9 Å². The smallest absolute Gasteiger partial charge is 0.0968 e. The average molecular weight is 390 g/mol. The maximum absolute atomic E-state index is 4.29. The molecule has 0 aromatic heterocycles. The number of hydrogen-bond acceptors (Lipinski definition) is 2. The zero-order chi connectivity index (χ0) is 20.1. The van der Waals surface area contributed by atoms with Gasteiger partial charge >= 0.3 is 0 Å². The molecule has 0 saturated heterocycles. The summed E-state index contributed by atoms with van der Waals surface area (Å²) in [6.45, 7) is 4.62. The van der Waals surface area contributed by atoms with Crippen molar-refractivity contribution in [2.75, 3.05) is 0 Å². The van der Waals surface area contributed by atoms with Crippen LogP contribution in [0.5, 0.6) is 0 Å². The van der Waals surface area contributed by atoms with E-state index in [1.54, 1.807) is 0 Å². The van der Waals surface area contributed by atoms with E-state index in [9.17, 15) is 0 Å². The predicted molar refractivity (Wildman–Crippen MR) is 127 cm³/mol. The molecule has 0 fully saturated rings. The lowest BCUT2D eigenvalue weighted by Gasteiger charge is -2.16. The molecule has 0 amide bonds. The Balaban J connectivity index is 1.99. The third kappa shape index (κ3) is 15.2. The monoisotopic (exact) mass is 389 g/mol. The summed E-state index contributed by atoms with van der Waals surface area (Å²) in [6.07, 6.45) is 32.8. The van der Waals surface area contributed by atoms with E-state index in [2.05, 4.69) is 23.8 Å². The van der Waals surface area contributed by atoms with Gasteiger partial charge in [0.2, 0.25) is 6.17 Å². The Kier molecular flexibility index (Phi) is 17.6. The van der Waals surface area contributed by atoms with E-state index < -0.39 is 0 Å². The Hall–Kier alpha value is -0.790. The fraction of sp³-hybridized carbons (Fsp3) is 0.885. The van der Waals surface area contributed by atoms with Gasteiger partial charge in [-0.2, -0.15) is 0 Å². The van der Waals surface area contributed by atoms with Gasteiger partial charge < -0.3 is 0 Å². The van der Waals surface area contributed by atoms with E-state index in [-0.39, 0.29) is 0 Å². The van der Waals surface area contributed by atoms with Crippen LogP contribution in [0, 0.1) is 12.1 Å². The first-order valence-electron chi connectivity index (χ1n) is 12.8. The lowest BCUT2D eigenvalue weighted by molar-refractivity contribution is 0.369. The van der Waals surface area contributed by atoms with Gasteiger partial charge in [0.05, 0.1) is 6.42 Å². The first kappa shape index (κ1) is 25.2. The molecular weight excluding hydrogens is 340 g/mol. The van der Waals surface area contributed by atoms with E-state index >= 15 is 0 Å². The van der Waals surface area contributed by atoms with Crippen LogP contribution >= 0.6 is 0 Å². The molecular formula is C26H49N2+. The Labute approximate surface area is 177 Å². The third-order valence-electron chi connectivity index (χ3n) is 6.21. The maximum Gasteiger partial charge on any atom is 0.240 e. The number of unbranched alkanes of at least 4 members (excludes halogenated alkanes) is 13. The van der Waals surface area contributed by atoms with Crippen LogP contribution in [0.2, 0.25) is 0 Å². The Morgan fingerprint density at radius 3 is 1.46 bits per heavy atom. The summed E-state index contributed by atoms with van der Waals surface area (Å²) in [6, 6.07) is 0. The molecule has 0 N–H and O–H groups in total. The van der Waals surface area contributed by atoms with E-state index in [4.69, 9.17) is 0 Å². The summed E-state index contributed by atoms with van der Waals surface area (Å²) in [7, 11) is 0. The zero-order valence-corrected chi connectivity index (χ0v) is 19.3. The van der Waals surface area contributed by atoms with Crippen molar-refractivity contribution in [3.63, 3.8) is 0 Å². The van der Waals surface area contributed by atoms with Gasteiger partial charge in [-0.05, 0) is 12.3 Å². The largest absolute Gasteiger partial charge is 0.240 e. The molecule has 2 heteroatoms. The first-order chi connectivity index (χ1) is 13.9. The molecule has 0 radical (unpaired) electrons. The van der Waals surface area contributed by atoms with Gasteiger partial charge in [0.1, 0.15) is 0 Å². The number of rotatable bonds is 21. The van der Waals surface area contributed by atoms with E-state index in [1.807, 2.05) is 12.4 Å². The lowest BCUT2D eigenvalue weighted by Crippen LogP contribution is -2.02. The van der Waals surface area contributed by atoms with Gasteiger partial charge in [0.25, 0.3) is 0 Å².